The average molecular weight is 349 g/mol. The first-order valence-electron chi connectivity index (χ1n) is 7.24. The molecule has 1 unspecified atom stereocenters. The highest BCUT2D eigenvalue weighted by atomic mass is 32.1. The molecule has 3 amide bonds. The van der Waals surface area contributed by atoms with Crippen molar-refractivity contribution in [2.75, 3.05) is 26.2 Å². The molecule has 24 heavy (non-hydrogen) atoms. The van der Waals surface area contributed by atoms with Gasteiger partial charge >= 0.3 is 6.03 Å². The molecule has 0 aliphatic carbocycles. The molecule has 126 valence electrons. The smallest absolute Gasteiger partial charge is 0.345 e. The maximum absolute atomic E-state index is 12.6. The molecule has 10 nitrogen and oxygen atoms in total. The highest BCUT2D eigenvalue weighted by molar-refractivity contribution is 7.09. The quantitative estimate of drug-likeness (QED) is 0.263. The molecule has 0 saturated carbocycles. The molecular weight excluding hydrogens is 334 g/mol. The molecule has 1 saturated heterocycles. The first-order chi connectivity index (χ1) is 11.7. The SMILES string of the molecule is C=CCON1C(=O)N2C[C@H]1c1scnc1C2C(=O)NCCN=[N+]=[N-]. The fourth-order valence-corrected chi connectivity index (χ4v) is 3.68. The van der Waals surface area contributed by atoms with Crippen LogP contribution in [0.3, 0.4) is 0 Å². The Bertz CT molecular complexity index is 714. The Morgan fingerprint density at radius 2 is 2.54 bits per heavy atom. The first-order valence-corrected chi connectivity index (χ1v) is 8.12. The highest BCUT2D eigenvalue weighted by Gasteiger charge is 2.52. The van der Waals surface area contributed by atoms with Crippen LogP contribution >= 0.6 is 11.3 Å². The van der Waals surface area contributed by atoms with Gasteiger partial charge in [0.1, 0.15) is 6.04 Å². The van der Waals surface area contributed by atoms with Crippen LogP contribution in [0.25, 0.3) is 10.4 Å². The second-order valence-corrected chi connectivity index (χ2v) is 6.00. The zero-order valence-corrected chi connectivity index (χ0v) is 13.5. The van der Waals surface area contributed by atoms with Gasteiger partial charge in [0.15, 0.2) is 6.04 Å². The van der Waals surface area contributed by atoms with Crippen LogP contribution in [-0.2, 0) is 9.63 Å². The molecule has 1 aromatic heterocycles. The van der Waals surface area contributed by atoms with Gasteiger partial charge in [-0.15, -0.1) is 17.9 Å². The Kier molecular flexibility index (Phi) is 4.65. The number of hydrogen-bond donors (Lipinski definition) is 1. The minimum Gasteiger partial charge on any atom is -0.354 e. The minimum atomic E-state index is -0.807. The summed E-state index contributed by atoms with van der Waals surface area (Å²) in [6.45, 7) is 4.47. The summed E-state index contributed by atoms with van der Waals surface area (Å²) in [6.07, 6.45) is 1.55. The fraction of sp³-hybridized carbons (Fsp3) is 0.462. The highest BCUT2D eigenvalue weighted by Crippen LogP contribution is 2.45. The number of azide groups is 1. The van der Waals surface area contributed by atoms with Gasteiger partial charge in [-0.3, -0.25) is 9.63 Å². The van der Waals surface area contributed by atoms with Crippen molar-refractivity contribution < 1.29 is 14.4 Å². The van der Waals surface area contributed by atoms with Crippen LogP contribution in [0.2, 0.25) is 0 Å². The summed E-state index contributed by atoms with van der Waals surface area (Å²) in [4.78, 5) is 39.7. The van der Waals surface area contributed by atoms with Gasteiger partial charge in [-0.1, -0.05) is 11.2 Å². The summed E-state index contributed by atoms with van der Waals surface area (Å²) in [5, 5.41) is 7.32. The van der Waals surface area contributed by atoms with Crippen molar-refractivity contribution in [1.29, 1.82) is 0 Å². The summed E-state index contributed by atoms with van der Waals surface area (Å²) >= 11 is 1.39. The molecular formula is C13H15N7O3S. The van der Waals surface area contributed by atoms with Gasteiger partial charge < -0.3 is 10.2 Å². The number of carbonyl (C=O) groups excluding carboxylic acids is 2. The average Bonchev–Trinajstić information content (AvgIpc) is 3.16. The lowest BCUT2D eigenvalue weighted by atomic mass is 10.0. The van der Waals surface area contributed by atoms with E-state index in [2.05, 4.69) is 26.9 Å². The number of thiazole rings is 1. The Balaban J connectivity index is 1.82. The van der Waals surface area contributed by atoms with E-state index in [-0.39, 0.29) is 37.7 Å². The van der Waals surface area contributed by atoms with Crippen molar-refractivity contribution in [3.63, 3.8) is 0 Å². The van der Waals surface area contributed by atoms with Crippen LogP contribution in [0.15, 0.2) is 23.3 Å². The van der Waals surface area contributed by atoms with Crippen LogP contribution in [-0.4, -0.2) is 53.1 Å². The lowest BCUT2D eigenvalue weighted by Gasteiger charge is -2.28. The number of amides is 3. The van der Waals surface area contributed by atoms with Crippen LogP contribution < -0.4 is 5.32 Å². The van der Waals surface area contributed by atoms with E-state index in [0.29, 0.717) is 12.2 Å². The van der Waals surface area contributed by atoms with Gasteiger partial charge in [0.25, 0.3) is 0 Å². The van der Waals surface area contributed by atoms with E-state index in [0.717, 1.165) is 4.88 Å². The van der Waals surface area contributed by atoms with Gasteiger partial charge in [-0.2, -0.15) is 5.06 Å². The van der Waals surface area contributed by atoms with Gasteiger partial charge in [-0.05, 0) is 5.53 Å². The Labute approximate surface area is 141 Å². The van der Waals surface area contributed by atoms with Crippen molar-refractivity contribution in [2.24, 2.45) is 5.11 Å². The summed E-state index contributed by atoms with van der Waals surface area (Å²) in [5.41, 5.74) is 10.5. The Morgan fingerprint density at radius 3 is 3.29 bits per heavy atom. The van der Waals surface area contributed by atoms with Gasteiger partial charge in [0.05, 0.1) is 29.2 Å². The predicted molar refractivity (Wildman–Crippen MR) is 84.7 cm³/mol. The summed E-state index contributed by atoms with van der Waals surface area (Å²) in [6, 6.07) is -1.45. The molecule has 0 radical (unpaired) electrons. The zero-order valence-electron chi connectivity index (χ0n) is 12.7. The van der Waals surface area contributed by atoms with Crippen LogP contribution in [0.4, 0.5) is 4.79 Å². The number of hydroxylamine groups is 2. The predicted octanol–water partition coefficient (Wildman–Crippen LogP) is 1.52. The number of fused-ring (bicyclic) bond motifs is 4. The maximum atomic E-state index is 12.6. The van der Waals surface area contributed by atoms with E-state index in [4.69, 9.17) is 10.4 Å². The van der Waals surface area contributed by atoms with Crippen molar-refractivity contribution >= 4 is 23.3 Å². The van der Waals surface area contributed by atoms with Crippen LogP contribution in [0.1, 0.15) is 22.7 Å². The van der Waals surface area contributed by atoms with Gasteiger partial charge in [0, 0.05) is 18.0 Å². The van der Waals surface area contributed by atoms with Crippen molar-refractivity contribution in [1.82, 2.24) is 20.3 Å². The molecule has 2 bridgehead atoms. The first kappa shape index (κ1) is 16.2. The summed E-state index contributed by atoms with van der Waals surface area (Å²) in [7, 11) is 0. The number of hydrogen-bond acceptors (Lipinski definition) is 6. The van der Waals surface area contributed by atoms with E-state index in [1.807, 2.05) is 0 Å². The normalized spacial score (nSPS) is 21.2. The third-order valence-electron chi connectivity index (χ3n) is 3.74. The van der Waals surface area contributed by atoms with Gasteiger partial charge in [-0.25, -0.2) is 9.78 Å². The maximum Gasteiger partial charge on any atom is 0.345 e. The molecule has 0 spiro atoms. The van der Waals surface area contributed by atoms with E-state index in [1.54, 1.807) is 11.6 Å². The number of rotatable bonds is 7. The zero-order chi connectivity index (χ0) is 17.1. The Hall–Kier alpha value is -2.62. The van der Waals surface area contributed by atoms with Gasteiger partial charge in [0.2, 0.25) is 5.91 Å². The number of aromatic nitrogens is 1. The monoisotopic (exact) mass is 349 g/mol. The lowest BCUT2D eigenvalue weighted by molar-refractivity contribution is -0.126. The molecule has 2 aliphatic rings. The number of nitrogens with zero attached hydrogens (tertiary/aromatic N) is 6. The standard InChI is InChI=1S/C13H15N7O3S/c1-2-5-23-20-8-6-19(13(20)22)10(9-11(8)24-7-16-9)12(21)15-3-4-17-18-14/h2,7-8,10H,1,3-6H2,(H,15,21)/t8-,10?/m0/s1. The fourth-order valence-electron chi connectivity index (χ4n) is 2.78. The molecule has 2 aliphatic heterocycles. The lowest BCUT2D eigenvalue weighted by Crippen LogP contribution is -2.44. The summed E-state index contributed by atoms with van der Waals surface area (Å²) in [5.74, 6) is -0.354. The van der Waals surface area contributed by atoms with E-state index in [9.17, 15) is 9.59 Å². The molecule has 3 heterocycles. The largest absolute Gasteiger partial charge is 0.354 e. The van der Waals surface area contributed by atoms with Crippen LogP contribution in [0.5, 0.6) is 0 Å². The third kappa shape index (κ3) is 2.68. The number of nitrogens with one attached hydrogen (secondary N) is 1. The number of carbonyl (C=O) groups is 2. The van der Waals surface area contributed by atoms with Crippen molar-refractivity contribution in [3.05, 3.63) is 39.2 Å². The summed E-state index contributed by atoms with van der Waals surface area (Å²) < 4.78 is 0. The second-order valence-electron chi connectivity index (χ2n) is 5.11. The minimum absolute atomic E-state index is 0.143. The van der Waals surface area contributed by atoms with Crippen LogP contribution in [0, 0.1) is 0 Å². The van der Waals surface area contributed by atoms with E-state index < -0.39 is 6.04 Å². The number of urea groups is 1. The molecule has 1 fully saturated rings. The molecule has 1 aromatic rings. The second kappa shape index (κ2) is 6.87. The van der Waals surface area contributed by atoms with E-state index in [1.165, 1.54) is 21.3 Å². The molecule has 11 heteroatoms. The molecule has 0 aromatic carbocycles. The topological polar surface area (TPSA) is 124 Å². The van der Waals surface area contributed by atoms with Crippen molar-refractivity contribution in [2.45, 2.75) is 12.1 Å². The third-order valence-corrected chi connectivity index (χ3v) is 4.68. The van der Waals surface area contributed by atoms with E-state index >= 15 is 0 Å². The molecule has 2 atom stereocenters. The molecule has 1 N–H and O–H groups in total. The molecule has 3 rings (SSSR count). The van der Waals surface area contributed by atoms with Crippen molar-refractivity contribution in [3.8, 4) is 0 Å². The Morgan fingerprint density at radius 1 is 1.71 bits per heavy atom.